The van der Waals surface area contributed by atoms with Gasteiger partial charge in [-0.2, -0.15) is 0 Å². The van der Waals surface area contributed by atoms with Crippen LogP contribution in [0.4, 0.5) is 0 Å². The van der Waals surface area contributed by atoms with Crippen LogP contribution in [0.2, 0.25) is 0 Å². The summed E-state index contributed by atoms with van der Waals surface area (Å²) >= 11 is 1.16. The first-order chi connectivity index (χ1) is 8.70. The van der Waals surface area contributed by atoms with Gasteiger partial charge in [-0.1, -0.05) is 17.8 Å². The van der Waals surface area contributed by atoms with Gasteiger partial charge in [0.25, 0.3) is 5.91 Å². The summed E-state index contributed by atoms with van der Waals surface area (Å²) in [6, 6.07) is 0. The lowest BCUT2D eigenvalue weighted by Gasteiger charge is -2.10. The third kappa shape index (κ3) is 3.26. The van der Waals surface area contributed by atoms with Crippen LogP contribution < -0.4 is 5.32 Å². The maximum Gasteiger partial charge on any atom is 0.264 e. The predicted octanol–water partition coefficient (Wildman–Crippen LogP) is 1.38. The Morgan fingerprint density at radius 2 is 2.39 bits per heavy atom. The molecule has 1 heterocycles. The van der Waals surface area contributed by atoms with Crippen LogP contribution in [0.25, 0.3) is 0 Å². The van der Waals surface area contributed by atoms with Crippen molar-refractivity contribution < 1.29 is 9.90 Å². The predicted molar refractivity (Wildman–Crippen MR) is 69.6 cm³/mol. The molecule has 2 atom stereocenters. The van der Waals surface area contributed by atoms with Crippen molar-refractivity contribution in [3.05, 3.63) is 10.6 Å². The Bertz CT molecular complexity index is 408. The number of aromatic nitrogens is 2. The number of nitrogens with one attached hydrogen (secondary N) is 1. The highest BCUT2D eigenvalue weighted by Crippen LogP contribution is 2.24. The Hall–Kier alpha value is -1.01. The van der Waals surface area contributed by atoms with E-state index in [1.807, 2.05) is 0 Å². The zero-order chi connectivity index (χ0) is 13.0. The van der Waals surface area contributed by atoms with Gasteiger partial charge in [0.15, 0.2) is 0 Å². The molecule has 6 heteroatoms. The Kier molecular flexibility index (Phi) is 4.66. The van der Waals surface area contributed by atoms with Crippen LogP contribution in [-0.4, -0.2) is 33.2 Å². The molecule has 0 aliphatic heterocycles. The molecule has 2 unspecified atom stereocenters. The van der Waals surface area contributed by atoms with E-state index in [9.17, 15) is 9.90 Å². The summed E-state index contributed by atoms with van der Waals surface area (Å²) in [6.07, 6.45) is 4.20. The average Bonchev–Trinajstić information content (AvgIpc) is 2.96. The van der Waals surface area contributed by atoms with E-state index in [1.165, 1.54) is 0 Å². The molecule has 0 bridgehead atoms. The van der Waals surface area contributed by atoms with E-state index in [1.54, 1.807) is 0 Å². The van der Waals surface area contributed by atoms with E-state index >= 15 is 0 Å². The number of hydrogen-bond acceptors (Lipinski definition) is 5. The molecule has 0 saturated heterocycles. The minimum absolute atomic E-state index is 0.0742. The molecule has 100 valence electrons. The fourth-order valence-corrected chi connectivity index (χ4v) is 2.96. The second-order valence-corrected chi connectivity index (χ2v) is 5.60. The number of aliphatic hydroxyl groups excluding tert-OH is 1. The maximum atomic E-state index is 12.0. The van der Waals surface area contributed by atoms with Crippen molar-refractivity contribution in [2.75, 3.05) is 6.54 Å². The molecule has 1 aliphatic rings. The lowest BCUT2D eigenvalue weighted by Crippen LogP contribution is -2.28. The van der Waals surface area contributed by atoms with Crippen LogP contribution in [0.15, 0.2) is 0 Å². The second-order valence-electron chi connectivity index (χ2n) is 4.84. The number of hydrogen-bond donors (Lipinski definition) is 2. The van der Waals surface area contributed by atoms with Gasteiger partial charge in [-0.3, -0.25) is 4.79 Å². The highest BCUT2D eigenvalue weighted by atomic mass is 32.1. The van der Waals surface area contributed by atoms with Crippen molar-refractivity contribution in [2.24, 2.45) is 5.92 Å². The molecule has 2 N–H and O–H groups in total. The molecule has 5 nitrogen and oxygen atoms in total. The molecular formula is C12H19N3O2S. The summed E-state index contributed by atoms with van der Waals surface area (Å²) in [5, 5.41) is 16.3. The summed E-state index contributed by atoms with van der Waals surface area (Å²) in [7, 11) is 0. The summed E-state index contributed by atoms with van der Waals surface area (Å²) in [5.74, 6) is 0.328. The van der Waals surface area contributed by atoms with Crippen LogP contribution >= 0.6 is 11.5 Å². The van der Waals surface area contributed by atoms with Crippen molar-refractivity contribution >= 4 is 17.4 Å². The van der Waals surface area contributed by atoms with Crippen LogP contribution in [-0.2, 0) is 6.42 Å². The quantitative estimate of drug-likeness (QED) is 0.847. The lowest BCUT2D eigenvalue weighted by atomic mass is 10.1. The minimum Gasteiger partial charge on any atom is -0.393 e. The van der Waals surface area contributed by atoms with Gasteiger partial charge in [-0.05, 0) is 43.1 Å². The van der Waals surface area contributed by atoms with E-state index < -0.39 is 0 Å². The van der Waals surface area contributed by atoms with Crippen LogP contribution in [0.3, 0.4) is 0 Å². The number of rotatable bonds is 5. The Balaban J connectivity index is 1.85. The van der Waals surface area contributed by atoms with Gasteiger partial charge >= 0.3 is 0 Å². The molecule has 1 aliphatic carbocycles. The third-order valence-corrected chi connectivity index (χ3v) is 4.08. The van der Waals surface area contributed by atoms with Crippen LogP contribution in [0, 0.1) is 5.92 Å². The number of nitrogens with zero attached hydrogens (tertiary/aromatic N) is 2. The molecule has 18 heavy (non-hydrogen) atoms. The molecule has 1 amide bonds. The smallest absolute Gasteiger partial charge is 0.264 e. The van der Waals surface area contributed by atoms with Gasteiger partial charge in [-0.15, -0.1) is 5.10 Å². The van der Waals surface area contributed by atoms with Gasteiger partial charge in [0.2, 0.25) is 0 Å². The standard InChI is InChI=1S/C12H19N3O2S/c1-2-3-10-11(18-15-14-10)12(17)13-7-8-4-5-9(16)6-8/h8-9,16H,2-7H2,1H3,(H,13,17). The van der Waals surface area contributed by atoms with Gasteiger partial charge in [0, 0.05) is 6.54 Å². The van der Waals surface area contributed by atoms with Gasteiger partial charge in [0.1, 0.15) is 4.88 Å². The van der Waals surface area contributed by atoms with E-state index in [4.69, 9.17) is 0 Å². The monoisotopic (exact) mass is 269 g/mol. The topological polar surface area (TPSA) is 75.1 Å². The number of carbonyl (C=O) groups is 1. The molecule has 0 aromatic carbocycles. The molecule has 1 saturated carbocycles. The number of carbonyl (C=O) groups excluding carboxylic acids is 1. The SMILES string of the molecule is CCCc1nnsc1C(=O)NCC1CCC(O)C1. The van der Waals surface area contributed by atoms with E-state index in [-0.39, 0.29) is 12.0 Å². The molecular weight excluding hydrogens is 250 g/mol. The summed E-state index contributed by atoms with van der Waals surface area (Å²) in [4.78, 5) is 12.6. The highest BCUT2D eigenvalue weighted by Gasteiger charge is 2.24. The summed E-state index contributed by atoms with van der Waals surface area (Å²) < 4.78 is 3.84. The summed E-state index contributed by atoms with van der Waals surface area (Å²) in [6.45, 7) is 2.69. The fraction of sp³-hybridized carbons (Fsp3) is 0.750. The fourth-order valence-electron chi connectivity index (χ4n) is 2.33. The Labute approximate surface area is 111 Å². The first-order valence-electron chi connectivity index (χ1n) is 6.48. The minimum atomic E-state index is -0.187. The number of aliphatic hydroxyl groups is 1. The van der Waals surface area contributed by atoms with E-state index in [0.717, 1.165) is 49.3 Å². The molecule has 0 radical (unpaired) electrons. The van der Waals surface area contributed by atoms with Gasteiger partial charge < -0.3 is 10.4 Å². The van der Waals surface area contributed by atoms with Crippen molar-refractivity contribution in [1.82, 2.24) is 14.9 Å². The molecule has 1 fully saturated rings. The zero-order valence-electron chi connectivity index (χ0n) is 10.6. The van der Waals surface area contributed by atoms with Crippen LogP contribution in [0.5, 0.6) is 0 Å². The van der Waals surface area contributed by atoms with E-state index in [2.05, 4.69) is 21.8 Å². The zero-order valence-corrected chi connectivity index (χ0v) is 11.4. The van der Waals surface area contributed by atoms with Crippen molar-refractivity contribution in [3.63, 3.8) is 0 Å². The second kappa shape index (κ2) is 6.24. The third-order valence-electron chi connectivity index (χ3n) is 3.31. The lowest BCUT2D eigenvalue weighted by molar-refractivity contribution is 0.0948. The molecule has 1 aromatic rings. The summed E-state index contributed by atoms with van der Waals surface area (Å²) in [5.41, 5.74) is 0.798. The first-order valence-corrected chi connectivity index (χ1v) is 7.25. The number of amides is 1. The van der Waals surface area contributed by atoms with E-state index in [0.29, 0.717) is 17.3 Å². The first kappa shape index (κ1) is 13.4. The van der Waals surface area contributed by atoms with Gasteiger partial charge in [-0.25, -0.2) is 0 Å². The number of aryl methyl sites for hydroxylation is 1. The van der Waals surface area contributed by atoms with Crippen LogP contribution in [0.1, 0.15) is 48.0 Å². The van der Waals surface area contributed by atoms with Gasteiger partial charge in [0.05, 0.1) is 11.8 Å². The Morgan fingerprint density at radius 3 is 3.06 bits per heavy atom. The molecule has 2 rings (SSSR count). The van der Waals surface area contributed by atoms with Crippen molar-refractivity contribution in [1.29, 1.82) is 0 Å². The largest absolute Gasteiger partial charge is 0.393 e. The maximum absolute atomic E-state index is 12.0. The normalized spacial score (nSPS) is 23.2. The molecule has 0 spiro atoms. The average molecular weight is 269 g/mol. The molecule has 1 aromatic heterocycles. The van der Waals surface area contributed by atoms with Crippen molar-refractivity contribution in [3.8, 4) is 0 Å². The van der Waals surface area contributed by atoms with Crippen molar-refractivity contribution in [2.45, 2.75) is 45.1 Å². The highest BCUT2D eigenvalue weighted by molar-refractivity contribution is 7.08. The Morgan fingerprint density at radius 1 is 1.56 bits per heavy atom.